The molecule has 0 radical (unpaired) electrons. The van der Waals surface area contributed by atoms with Crippen LogP contribution in [0.5, 0.6) is 0 Å². The second kappa shape index (κ2) is 5.41. The number of thiophene rings is 1. The average Bonchev–Trinajstić information content (AvgIpc) is 2.77. The van der Waals surface area contributed by atoms with Crippen LogP contribution < -0.4 is 5.32 Å². The second-order valence-electron chi connectivity index (χ2n) is 5.56. The molecule has 1 aliphatic rings. The van der Waals surface area contributed by atoms with Crippen molar-refractivity contribution in [2.45, 2.75) is 45.1 Å². The smallest absolute Gasteiger partial charge is 0.252 e. The van der Waals surface area contributed by atoms with Crippen molar-refractivity contribution in [1.82, 2.24) is 5.32 Å². The highest BCUT2D eigenvalue weighted by Crippen LogP contribution is 2.31. The van der Waals surface area contributed by atoms with Crippen LogP contribution in [0.3, 0.4) is 0 Å². The molecular formula is C14H21NO2S. The molecule has 1 amide bonds. The van der Waals surface area contributed by atoms with Gasteiger partial charge in [-0.1, -0.05) is 6.92 Å². The quantitative estimate of drug-likeness (QED) is 0.884. The fourth-order valence-electron chi connectivity index (χ4n) is 2.41. The molecule has 1 aromatic rings. The summed E-state index contributed by atoms with van der Waals surface area (Å²) >= 11 is 1.53. The summed E-state index contributed by atoms with van der Waals surface area (Å²) in [6.07, 6.45) is 3.67. The van der Waals surface area contributed by atoms with E-state index < -0.39 is 5.60 Å². The Morgan fingerprint density at radius 1 is 1.50 bits per heavy atom. The van der Waals surface area contributed by atoms with E-state index in [0.29, 0.717) is 12.5 Å². The van der Waals surface area contributed by atoms with Gasteiger partial charge in [-0.15, -0.1) is 0 Å². The normalized spacial score (nSPS) is 28.1. The zero-order valence-electron chi connectivity index (χ0n) is 11.0. The van der Waals surface area contributed by atoms with Crippen LogP contribution in [0, 0.1) is 12.8 Å². The van der Waals surface area contributed by atoms with Crippen molar-refractivity contribution < 1.29 is 9.90 Å². The molecule has 2 N–H and O–H groups in total. The number of aryl methyl sites for hydroxylation is 1. The number of hydrogen-bond donors (Lipinski definition) is 2. The van der Waals surface area contributed by atoms with Crippen molar-refractivity contribution in [2.24, 2.45) is 5.92 Å². The van der Waals surface area contributed by atoms with Gasteiger partial charge in [-0.2, -0.15) is 11.3 Å². The van der Waals surface area contributed by atoms with Crippen LogP contribution in [0.25, 0.3) is 0 Å². The lowest BCUT2D eigenvalue weighted by Crippen LogP contribution is -2.45. The SMILES string of the molecule is Cc1cscc1C(=O)NCC1(O)CCC(C)CC1. The molecule has 1 aromatic heterocycles. The van der Waals surface area contributed by atoms with Crippen molar-refractivity contribution in [3.8, 4) is 0 Å². The van der Waals surface area contributed by atoms with E-state index in [0.717, 1.165) is 36.8 Å². The van der Waals surface area contributed by atoms with Gasteiger partial charge in [0.1, 0.15) is 0 Å². The predicted octanol–water partition coefficient (Wildman–Crippen LogP) is 2.73. The van der Waals surface area contributed by atoms with E-state index in [2.05, 4.69) is 12.2 Å². The number of amides is 1. The number of hydrogen-bond acceptors (Lipinski definition) is 3. The van der Waals surface area contributed by atoms with Crippen LogP contribution in [0.1, 0.15) is 48.5 Å². The Morgan fingerprint density at radius 2 is 2.17 bits per heavy atom. The Bertz CT molecular complexity index is 419. The van der Waals surface area contributed by atoms with Gasteiger partial charge < -0.3 is 10.4 Å². The maximum absolute atomic E-state index is 12.0. The maximum Gasteiger partial charge on any atom is 0.252 e. The average molecular weight is 267 g/mol. The summed E-state index contributed by atoms with van der Waals surface area (Å²) in [4.78, 5) is 12.0. The predicted molar refractivity (Wildman–Crippen MR) is 74.0 cm³/mol. The fraction of sp³-hybridized carbons (Fsp3) is 0.643. The van der Waals surface area contributed by atoms with Gasteiger partial charge in [0.25, 0.3) is 5.91 Å². The van der Waals surface area contributed by atoms with Gasteiger partial charge in [0, 0.05) is 11.9 Å². The van der Waals surface area contributed by atoms with Crippen LogP contribution in [-0.4, -0.2) is 23.2 Å². The summed E-state index contributed by atoms with van der Waals surface area (Å²) in [6, 6.07) is 0. The van der Waals surface area contributed by atoms with Gasteiger partial charge in [0.15, 0.2) is 0 Å². The van der Waals surface area contributed by atoms with Gasteiger partial charge >= 0.3 is 0 Å². The molecule has 1 heterocycles. The summed E-state index contributed by atoms with van der Waals surface area (Å²) in [6.45, 7) is 4.52. The van der Waals surface area contributed by atoms with Gasteiger partial charge in [-0.25, -0.2) is 0 Å². The van der Waals surface area contributed by atoms with E-state index in [1.807, 2.05) is 17.7 Å². The Balaban J connectivity index is 1.88. The fourth-order valence-corrected chi connectivity index (χ4v) is 3.24. The molecule has 0 aliphatic heterocycles. The highest BCUT2D eigenvalue weighted by molar-refractivity contribution is 7.08. The van der Waals surface area contributed by atoms with Gasteiger partial charge in [0.05, 0.1) is 11.2 Å². The minimum absolute atomic E-state index is 0.0687. The molecule has 1 aliphatic carbocycles. The Labute approximate surface area is 112 Å². The molecule has 0 unspecified atom stereocenters. The van der Waals surface area contributed by atoms with Crippen molar-refractivity contribution in [1.29, 1.82) is 0 Å². The molecule has 0 bridgehead atoms. The lowest BCUT2D eigenvalue weighted by atomic mass is 9.79. The third kappa shape index (κ3) is 3.12. The molecular weight excluding hydrogens is 246 g/mol. The second-order valence-corrected chi connectivity index (χ2v) is 6.30. The third-order valence-electron chi connectivity index (χ3n) is 3.88. The molecule has 4 heteroatoms. The number of nitrogens with one attached hydrogen (secondary N) is 1. The first-order valence-electron chi connectivity index (χ1n) is 6.53. The van der Waals surface area contributed by atoms with Gasteiger partial charge in [-0.05, 0) is 49.5 Å². The molecule has 3 nitrogen and oxygen atoms in total. The Morgan fingerprint density at radius 3 is 2.72 bits per heavy atom. The number of carbonyl (C=O) groups excluding carboxylic acids is 1. The first-order valence-corrected chi connectivity index (χ1v) is 7.48. The van der Waals surface area contributed by atoms with Gasteiger partial charge in [0.2, 0.25) is 0 Å². The maximum atomic E-state index is 12.0. The molecule has 0 spiro atoms. The molecule has 0 aromatic carbocycles. The van der Waals surface area contributed by atoms with Crippen molar-refractivity contribution in [3.05, 3.63) is 21.9 Å². The van der Waals surface area contributed by atoms with E-state index >= 15 is 0 Å². The zero-order chi connectivity index (χ0) is 13.2. The molecule has 1 fully saturated rings. The van der Waals surface area contributed by atoms with Crippen LogP contribution in [0.15, 0.2) is 10.8 Å². The highest BCUT2D eigenvalue weighted by atomic mass is 32.1. The highest BCUT2D eigenvalue weighted by Gasteiger charge is 2.32. The number of rotatable bonds is 3. The molecule has 1 saturated carbocycles. The number of aliphatic hydroxyl groups is 1. The summed E-state index contributed by atoms with van der Waals surface area (Å²) in [5, 5.41) is 17.1. The molecule has 0 saturated heterocycles. The third-order valence-corrected chi connectivity index (χ3v) is 4.74. The van der Waals surface area contributed by atoms with Crippen LogP contribution >= 0.6 is 11.3 Å². The lowest BCUT2D eigenvalue weighted by molar-refractivity contribution is -0.00540. The van der Waals surface area contributed by atoms with Gasteiger partial charge in [-0.3, -0.25) is 4.79 Å². The topological polar surface area (TPSA) is 49.3 Å². The molecule has 18 heavy (non-hydrogen) atoms. The van der Waals surface area contributed by atoms with Crippen LogP contribution in [0.4, 0.5) is 0 Å². The Kier molecular flexibility index (Phi) is 4.07. The minimum Gasteiger partial charge on any atom is -0.388 e. The molecule has 2 rings (SSSR count). The lowest BCUT2D eigenvalue weighted by Gasteiger charge is -2.34. The van der Waals surface area contributed by atoms with Crippen molar-refractivity contribution >= 4 is 17.2 Å². The molecule has 100 valence electrons. The minimum atomic E-state index is -0.702. The van der Waals surface area contributed by atoms with E-state index in [1.54, 1.807) is 0 Å². The molecule has 0 atom stereocenters. The summed E-state index contributed by atoms with van der Waals surface area (Å²) < 4.78 is 0. The standard InChI is InChI=1S/C14H21NO2S/c1-10-3-5-14(17,6-4-10)9-15-13(16)12-8-18-7-11(12)2/h7-8,10,17H,3-6,9H2,1-2H3,(H,15,16). The first-order chi connectivity index (χ1) is 8.50. The van der Waals surface area contributed by atoms with Crippen molar-refractivity contribution in [2.75, 3.05) is 6.54 Å². The van der Waals surface area contributed by atoms with Crippen LogP contribution in [-0.2, 0) is 0 Å². The van der Waals surface area contributed by atoms with E-state index in [1.165, 1.54) is 11.3 Å². The van der Waals surface area contributed by atoms with Crippen LogP contribution in [0.2, 0.25) is 0 Å². The summed E-state index contributed by atoms with van der Waals surface area (Å²) in [7, 11) is 0. The summed E-state index contributed by atoms with van der Waals surface area (Å²) in [5.74, 6) is 0.626. The first kappa shape index (κ1) is 13.6. The summed E-state index contributed by atoms with van der Waals surface area (Å²) in [5.41, 5.74) is 1.03. The monoisotopic (exact) mass is 267 g/mol. The van der Waals surface area contributed by atoms with Crippen molar-refractivity contribution in [3.63, 3.8) is 0 Å². The largest absolute Gasteiger partial charge is 0.388 e. The van der Waals surface area contributed by atoms with E-state index in [-0.39, 0.29) is 5.91 Å². The Hall–Kier alpha value is -0.870. The van der Waals surface area contributed by atoms with E-state index in [4.69, 9.17) is 0 Å². The van der Waals surface area contributed by atoms with E-state index in [9.17, 15) is 9.90 Å². The number of carbonyl (C=O) groups is 1. The zero-order valence-corrected chi connectivity index (χ0v) is 11.8.